The monoisotopic (exact) mass is 371 g/mol. The molecule has 6 nitrogen and oxygen atoms in total. The predicted molar refractivity (Wildman–Crippen MR) is 112 cm³/mol. The van der Waals surface area contributed by atoms with E-state index in [1.165, 1.54) is 0 Å². The van der Waals surface area contributed by atoms with E-state index in [-0.39, 0.29) is 0 Å². The molecule has 28 heavy (non-hydrogen) atoms. The number of allylic oxidation sites excluding steroid dienone is 1. The largest absolute Gasteiger partial charge is 0.396 e. The third-order valence-corrected chi connectivity index (χ3v) is 4.89. The number of nitrogens with zero attached hydrogens (tertiary/aromatic N) is 3. The van der Waals surface area contributed by atoms with Gasteiger partial charge in [-0.1, -0.05) is 6.07 Å². The molecule has 1 amide bonds. The Morgan fingerprint density at radius 2 is 1.96 bits per heavy atom. The van der Waals surface area contributed by atoms with Gasteiger partial charge in [0.2, 0.25) is 5.91 Å². The zero-order valence-corrected chi connectivity index (χ0v) is 15.6. The number of nitrogens with two attached hydrogens (primary N) is 2. The van der Waals surface area contributed by atoms with Gasteiger partial charge in [0.05, 0.1) is 16.9 Å². The fourth-order valence-electron chi connectivity index (χ4n) is 3.54. The third-order valence-electron chi connectivity index (χ3n) is 4.89. The second-order valence-electron chi connectivity index (χ2n) is 6.84. The SMILES string of the molecule is Cc1cccc(/C(N)=C(/C2=NCCC2)c2ccnc3ccc(C(N)=O)cc23)n1. The highest BCUT2D eigenvalue weighted by atomic mass is 16.1. The van der Waals surface area contributed by atoms with Crippen LogP contribution in [-0.4, -0.2) is 28.1 Å². The van der Waals surface area contributed by atoms with Crippen molar-refractivity contribution >= 4 is 33.8 Å². The van der Waals surface area contributed by atoms with E-state index in [1.807, 2.05) is 31.2 Å². The number of benzene rings is 1. The number of pyridine rings is 2. The molecule has 140 valence electrons. The molecule has 1 aromatic carbocycles. The highest BCUT2D eigenvalue weighted by Gasteiger charge is 2.21. The van der Waals surface area contributed by atoms with Crippen LogP contribution in [-0.2, 0) is 0 Å². The predicted octanol–water partition coefficient (Wildman–Crippen LogP) is 3.10. The number of amides is 1. The summed E-state index contributed by atoms with van der Waals surface area (Å²) in [4.78, 5) is 25.4. The summed E-state index contributed by atoms with van der Waals surface area (Å²) in [5, 5.41) is 0.819. The first kappa shape index (κ1) is 17.9. The Labute approximate surface area is 163 Å². The van der Waals surface area contributed by atoms with Gasteiger partial charge in [0, 0.05) is 40.7 Å². The van der Waals surface area contributed by atoms with Gasteiger partial charge in [0.25, 0.3) is 0 Å². The minimum Gasteiger partial charge on any atom is -0.396 e. The van der Waals surface area contributed by atoms with Crippen LogP contribution in [0.3, 0.4) is 0 Å². The summed E-state index contributed by atoms with van der Waals surface area (Å²) in [6, 6.07) is 12.9. The molecule has 0 radical (unpaired) electrons. The topological polar surface area (TPSA) is 107 Å². The van der Waals surface area contributed by atoms with Crippen LogP contribution in [0, 0.1) is 6.92 Å². The zero-order chi connectivity index (χ0) is 19.7. The molecule has 0 spiro atoms. The number of aliphatic imine (C=N–C) groups is 1. The molecule has 1 aliphatic rings. The van der Waals surface area contributed by atoms with Crippen molar-refractivity contribution in [1.82, 2.24) is 9.97 Å². The summed E-state index contributed by atoms with van der Waals surface area (Å²) >= 11 is 0. The highest BCUT2D eigenvalue weighted by Crippen LogP contribution is 2.32. The van der Waals surface area contributed by atoms with Crippen molar-refractivity contribution in [3.8, 4) is 0 Å². The number of primary amides is 1. The molecule has 0 fully saturated rings. The maximum absolute atomic E-state index is 11.7. The second-order valence-corrected chi connectivity index (χ2v) is 6.84. The van der Waals surface area contributed by atoms with Crippen LogP contribution in [0.4, 0.5) is 0 Å². The van der Waals surface area contributed by atoms with Crippen molar-refractivity contribution in [2.24, 2.45) is 16.5 Å². The Hall–Kier alpha value is -3.54. The van der Waals surface area contributed by atoms with Gasteiger partial charge >= 0.3 is 0 Å². The van der Waals surface area contributed by atoms with Crippen LogP contribution in [0.25, 0.3) is 22.2 Å². The highest BCUT2D eigenvalue weighted by molar-refractivity contribution is 6.32. The van der Waals surface area contributed by atoms with Crippen molar-refractivity contribution in [2.75, 3.05) is 6.54 Å². The molecule has 6 heteroatoms. The Morgan fingerprint density at radius 3 is 2.68 bits per heavy atom. The van der Waals surface area contributed by atoms with Gasteiger partial charge in [-0.2, -0.15) is 0 Å². The van der Waals surface area contributed by atoms with E-state index < -0.39 is 5.91 Å². The summed E-state index contributed by atoms with van der Waals surface area (Å²) in [7, 11) is 0. The lowest BCUT2D eigenvalue weighted by Crippen LogP contribution is -2.12. The van der Waals surface area contributed by atoms with E-state index >= 15 is 0 Å². The number of hydrogen-bond acceptors (Lipinski definition) is 5. The molecule has 4 N–H and O–H groups in total. The van der Waals surface area contributed by atoms with Crippen LogP contribution in [0.5, 0.6) is 0 Å². The quantitative estimate of drug-likeness (QED) is 0.734. The average molecular weight is 371 g/mol. The van der Waals surface area contributed by atoms with Gasteiger partial charge in [-0.15, -0.1) is 0 Å². The summed E-state index contributed by atoms with van der Waals surface area (Å²) in [5.74, 6) is -0.478. The van der Waals surface area contributed by atoms with Crippen LogP contribution >= 0.6 is 0 Å². The van der Waals surface area contributed by atoms with Crippen molar-refractivity contribution < 1.29 is 4.79 Å². The molecular weight excluding hydrogens is 350 g/mol. The maximum atomic E-state index is 11.7. The Morgan fingerprint density at radius 1 is 1.11 bits per heavy atom. The first-order valence-corrected chi connectivity index (χ1v) is 9.21. The Kier molecular flexibility index (Phi) is 4.61. The van der Waals surface area contributed by atoms with Gasteiger partial charge in [0.1, 0.15) is 0 Å². The van der Waals surface area contributed by atoms with Gasteiger partial charge in [-0.3, -0.25) is 19.8 Å². The van der Waals surface area contributed by atoms with Crippen molar-refractivity contribution in [3.63, 3.8) is 0 Å². The maximum Gasteiger partial charge on any atom is 0.248 e. The lowest BCUT2D eigenvalue weighted by molar-refractivity contribution is 0.100. The van der Waals surface area contributed by atoms with Crippen LogP contribution in [0.2, 0.25) is 0 Å². The van der Waals surface area contributed by atoms with Crippen molar-refractivity contribution in [3.05, 3.63) is 71.2 Å². The number of carbonyl (C=O) groups is 1. The van der Waals surface area contributed by atoms with Gasteiger partial charge < -0.3 is 11.5 Å². The lowest BCUT2D eigenvalue weighted by atomic mass is 9.92. The standard InChI is InChI=1S/C22H21N5O/c1-13-4-2-5-19(27-13)21(23)20(18-6-3-10-25-18)15-9-11-26-17-8-7-14(22(24)28)12-16(15)17/h2,4-5,7-9,11-12H,3,6,10,23H2,1H3,(H2,24,28)/b21-20-. The minimum atomic E-state index is -0.478. The summed E-state index contributed by atoms with van der Waals surface area (Å²) < 4.78 is 0. The van der Waals surface area contributed by atoms with E-state index in [4.69, 9.17) is 11.5 Å². The van der Waals surface area contributed by atoms with Crippen LogP contribution < -0.4 is 11.5 Å². The van der Waals surface area contributed by atoms with Gasteiger partial charge in [-0.05, 0) is 61.7 Å². The molecule has 0 saturated carbocycles. The fraction of sp³-hybridized carbons (Fsp3) is 0.182. The first-order chi connectivity index (χ1) is 13.5. The van der Waals surface area contributed by atoms with Gasteiger partial charge in [-0.25, -0.2) is 0 Å². The molecule has 0 saturated heterocycles. The first-order valence-electron chi connectivity index (χ1n) is 9.21. The average Bonchev–Trinajstić information content (AvgIpc) is 3.22. The molecule has 1 aliphatic heterocycles. The number of rotatable bonds is 4. The Bertz CT molecular complexity index is 1150. The number of aromatic nitrogens is 2. The lowest BCUT2D eigenvalue weighted by Gasteiger charge is -2.15. The molecule has 3 aromatic rings. The Balaban J connectivity index is 2.02. The minimum absolute atomic E-state index is 0.432. The fourth-order valence-corrected chi connectivity index (χ4v) is 3.54. The van der Waals surface area contributed by atoms with E-state index in [9.17, 15) is 4.79 Å². The number of carbonyl (C=O) groups excluding carboxylic acids is 1. The molecule has 0 bridgehead atoms. The zero-order valence-electron chi connectivity index (χ0n) is 15.6. The number of hydrogen-bond donors (Lipinski definition) is 2. The van der Waals surface area contributed by atoms with E-state index in [2.05, 4.69) is 15.0 Å². The van der Waals surface area contributed by atoms with Crippen LogP contribution in [0.1, 0.15) is 40.2 Å². The van der Waals surface area contributed by atoms with Crippen molar-refractivity contribution in [1.29, 1.82) is 0 Å². The van der Waals surface area contributed by atoms with Crippen molar-refractivity contribution in [2.45, 2.75) is 19.8 Å². The molecular formula is C22H21N5O. The molecule has 4 rings (SSSR count). The number of aryl methyl sites for hydroxylation is 1. The molecule has 0 unspecified atom stereocenters. The van der Waals surface area contributed by atoms with Crippen LogP contribution in [0.15, 0.2) is 53.7 Å². The third kappa shape index (κ3) is 3.24. The van der Waals surface area contributed by atoms with E-state index in [1.54, 1.807) is 24.4 Å². The van der Waals surface area contributed by atoms with E-state index in [0.717, 1.165) is 52.8 Å². The number of fused-ring (bicyclic) bond motifs is 1. The normalized spacial score (nSPS) is 14.7. The van der Waals surface area contributed by atoms with Gasteiger partial charge in [0.15, 0.2) is 0 Å². The molecule has 2 aromatic heterocycles. The second kappa shape index (κ2) is 7.23. The summed E-state index contributed by atoms with van der Waals surface area (Å²) in [6.45, 7) is 2.72. The molecule has 0 aliphatic carbocycles. The molecule has 0 atom stereocenters. The summed E-state index contributed by atoms with van der Waals surface area (Å²) in [6.07, 6.45) is 3.58. The van der Waals surface area contributed by atoms with E-state index in [0.29, 0.717) is 17.0 Å². The summed E-state index contributed by atoms with van der Waals surface area (Å²) in [5.41, 5.74) is 18.2. The molecule has 3 heterocycles. The smallest absolute Gasteiger partial charge is 0.248 e.